The van der Waals surface area contributed by atoms with Crippen LogP contribution in [-0.4, -0.2) is 38.5 Å². The highest BCUT2D eigenvalue weighted by molar-refractivity contribution is 7.99. The summed E-state index contributed by atoms with van der Waals surface area (Å²) in [5.74, 6) is 1.97. The van der Waals surface area contributed by atoms with Crippen LogP contribution in [0.15, 0.2) is 5.16 Å². The Morgan fingerprint density at radius 3 is 2.79 bits per heavy atom. The minimum Gasteiger partial charge on any atom is -0.313 e. The van der Waals surface area contributed by atoms with E-state index in [1.54, 1.807) is 0 Å². The fraction of sp³-hybridized carbons (Fsp3) is 0.923. The molecule has 2 aliphatic rings. The lowest BCUT2D eigenvalue weighted by Gasteiger charge is -2.17. The summed E-state index contributed by atoms with van der Waals surface area (Å²) in [6, 6.07) is 1.17. The quantitative estimate of drug-likeness (QED) is 0.777. The van der Waals surface area contributed by atoms with Crippen molar-refractivity contribution >= 4 is 11.8 Å². The molecule has 3 rings (SSSR count). The molecule has 2 fully saturated rings. The third kappa shape index (κ3) is 3.28. The molecule has 1 aromatic heterocycles. The van der Waals surface area contributed by atoms with Gasteiger partial charge in [0.25, 0.3) is 0 Å². The summed E-state index contributed by atoms with van der Waals surface area (Å²) in [6.07, 6.45) is 7.86. The second kappa shape index (κ2) is 6.22. The Morgan fingerprint density at radius 2 is 2.11 bits per heavy atom. The first kappa shape index (κ1) is 13.4. The van der Waals surface area contributed by atoms with Crippen molar-refractivity contribution in [3.05, 3.63) is 0 Å². The summed E-state index contributed by atoms with van der Waals surface area (Å²) in [5.41, 5.74) is 0. The summed E-state index contributed by atoms with van der Waals surface area (Å²) < 4.78 is 2.06. The van der Waals surface area contributed by atoms with Crippen molar-refractivity contribution in [2.24, 2.45) is 5.92 Å². The van der Waals surface area contributed by atoms with Crippen LogP contribution >= 0.6 is 11.8 Å². The van der Waals surface area contributed by atoms with Gasteiger partial charge in [-0.2, -0.15) is 0 Å². The Hall–Kier alpha value is -0.620. The third-order valence-electron chi connectivity index (χ3n) is 4.18. The minimum absolute atomic E-state index is 0.538. The molecule has 0 radical (unpaired) electrons. The molecule has 6 heteroatoms. The van der Waals surface area contributed by atoms with E-state index >= 15 is 0 Å². The van der Waals surface area contributed by atoms with Crippen molar-refractivity contribution in [1.29, 1.82) is 0 Å². The Kier molecular flexibility index (Phi) is 4.38. The van der Waals surface area contributed by atoms with E-state index in [9.17, 15) is 0 Å². The Morgan fingerprint density at radius 1 is 1.32 bits per heavy atom. The van der Waals surface area contributed by atoms with Gasteiger partial charge in [0.05, 0.1) is 6.04 Å². The maximum absolute atomic E-state index is 4.21. The third-order valence-corrected chi connectivity index (χ3v) is 5.24. The Bertz CT molecular complexity index is 397. The Labute approximate surface area is 118 Å². The van der Waals surface area contributed by atoms with Gasteiger partial charge in [-0.1, -0.05) is 31.5 Å². The molecule has 1 atom stereocenters. The maximum atomic E-state index is 4.21. The van der Waals surface area contributed by atoms with Gasteiger partial charge in [-0.15, -0.1) is 5.10 Å². The summed E-state index contributed by atoms with van der Waals surface area (Å²) in [4.78, 5) is 0. The van der Waals surface area contributed by atoms with Crippen LogP contribution < -0.4 is 5.32 Å². The maximum Gasteiger partial charge on any atom is 0.209 e. The molecule has 106 valence electrons. The average molecular weight is 281 g/mol. The number of nitrogens with one attached hydrogen (secondary N) is 1. The molecule has 2 aliphatic carbocycles. The van der Waals surface area contributed by atoms with E-state index in [1.165, 1.54) is 38.5 Å². The highest BCUT2D eigenvalue weighted by atomic mass is 32.2. The van der Waals surface area contributed by atoms with Crippen LogP contribution in [0.1, 0.15) is 51.5 Å². The number of aromatic nitrogens is 4. The molecule has 5 nitrogen and oxygen atoms in total. The van der Waals surface area contributed by atoms with Crippen LogP contribution in [0.25, 0.3) is 0 Å². The summed E-state index contributed by atoms with van der Waals surface area (Å²) in [5, 5.41) is 16.9. The van der Waals surface area contributed by atoms with Crippen LogP contribution in [0.4, 0.5) is 0 Å². The molecular weight excluding hydrogens is 258 g/mol. The van der Waals surface area contributed by atoms with Gasteiger partial charge in [0.1, 0.15) is 0 Å². The first-order valence-electron chi connectivity index (χ1n) is 7.52. The van der Waals surface area contributed by atoms with Crippen LogP contribution in [-0.2, 0) is 0 Å². The zero-order chi connectivity index (χ0) is 13.1. The summed E-state index contributed by atoms with van der Waals surface area (Å²) in [6.45, 7) is 3.23. The Balaban J connectivity index is 1.58. The lowest BCUT2D eigenvalue weighted by molar-refractivity contribution is 0.422. The normalized spacial score (nSPS) is 21.9. The predicted molar refractivity (Wildman–Crippen MR) is 76.2 cm³/mol. The fourth-order valence-corrected chi connectivity index (χ4v) is 4.08. The van der Waals surface area contributed by atoms with Gasteiger partial charge >= 0.3 is 0 Å². The highest BCUT2D eigenvalue weighted by Gasteiger charge is 2.31. The van der Waals surface area contributed by atoms with Gasteiger partial charge in [0, 0.05) is 11.8 Å². The van der Waals surface area contributed by atoms with E-state index in [0.29, 0.717) is 12.1 Å². The zero-order valence-corrected chi connectivity index (χ0v) is 12.4. The molecule has 1 heterocycles. The van der Waals surface area contributed by atoms with Gasteiger partial charge in [-0.05, 0) is 48.6 Å². The van der Waals surface area contributed by atoms with Crippen molar-refractivity contribution in [2.75, 3.05) is 12.3 Å². The molecule has 0 bridgehead atoms. The van der Waals surface area contributed by atoms with Gasteiger partial charge in [-0.25, -0.2) is 4.68 Å². The molecule has 1 aromatic rings. The van der Waals surface area contributed by atoms with Crippen molar-refractivity contribution < 1.29 is 0 Å². The van der Waals surface area contributed by atoms with Crippen molar-refractivity contribution in [1.82, 2.24) is 25.5 Å². The lowest BCUT2D eigenvalue weighted by atomic mass is 10.2. The molecular formula is C13H23N5S. The van der Waals surface area contributed by atoms with Crippen molar-refractivity contribution in [2.45, 2.75) is 62.7 Å². The van der Waals surface area contributed by atoms with E-state index < -0.39 is 0 Å². The molecule has 0 amide bonds. The number of rotatable bonds is 7. The van der Waals surface area contributed by atoms with Gasteiger partial charge < -0.3 is 5.32 Å². The zero-order valence-electron chi connectivity index (χ0n) is 11.6. The predicted octanol–water partition coefficient (Wildman–Crippen LogP) is 2.27. The monoisotopic (exact) mass is 281 g/mol. The summed E-state index contributed by atoms with van der Waals surface area (Å²) in [7, 11) is 0. The van der Waals surface area contributed by atoms with Gasteiger partial charge in [-0.3, -0.25) is 0 Å². The van der Waals surface area contributed by atoms with Gasteiger partial charge in [0.2, 0.25) is 5.16 Å². The first-order valence-corrected chi connectivity index (χ1v) is 8.51. The number of tetrazole rings is 1. The van der Waals surface area contributed by atoms with E-state index in [1.807, 2.05) is 11.8 Å². The SMILES string of the molecule is CCNC(CSc1nnnn1C1CCCC1)C1CC1. The molecule has 0 aromatic carbocycles. The molecule has 0 saturated heterocycles. The summed E-state index contributed by atoms with van der Waals surface area (Å²) >= 11 is 1.82. The second-order valence-corrected chi connectivity index (χ2v) is 6.64. The average Bonchev–Trinajstić information content (AvgIpc) is 2.92. The number of hydrogen-bond donors (Lipinski definition) is 1. The topological polar surface area (TPSA) is 55.6 Å². The van der Waals surface area contributed by atoms with Gasteiger partial charge in [0.15, 0.2) is 0 Å². The molecule has 19 heavy (non-hydrogen) atoms. The molecule has 1 N–H and O–H groups in total. The molecule has 1 unspecified atom stereocenters. The van der Waals surface area contributed by atoms with Crippen LogP contribution in [0.5, 0.6) is 0 Å². The fourth-order valence-electron chi connectivity index (χ4n) is 2.95. The standard InChI is InChI=1S/C13H23N5S/c1-2-14-12(10-7-8-10)9-19-13-15-16-17-18(13)11-5-3-4-6-11/h10-12,14H,2-9H2,1H3. The number of thioether (sulfide) groups is 1. The van der Waals surface area contributed by atoms with E-state index in [4.69, 9.17) is 0 Å². The van der Waals surface area contributed by atoms with Crippen LogP contribution in [0.2, 0.25) is 0 Å². The van der Waals surface area contributed by atoms with E-state index in [0.717, 1.165) is 23.4 Å². The number of nitrogens with zero attached hydrogens (tertiary/aromatic N) is 4. The molecule has 0 aliphatic heterocycles. The van der Waals surface area contributed by atoms with E-state index in [-0.39, 0.29) is 0 Å². The number of hydrogen-bond acceptors (Lipinski definition) is 5. The molecule has 0 spiro atoms. The minimum atomic E-state index is 0.538. The highest BCUT2D eigenvalue weighted by Crippen LogP contribution is 2.36. The van der Waals surface area contributed by atoms with Crippen LogP contribution in [0, 0.1) is 5.92 Å². The molecule has 2 saturated carbocycles. The largest absolute Gasteiger partial charge is 0.313 e. The first-order chi connectivity index (χ1) is 9.38. The smallest absolute Gasteiger partial charge is 0.209 e. The van der Waals surface area contributed by atoms with E-state index in [2.05, 4.69) is 32.4 Å². The lowest BCUT2D eigenvalue weighted by Crippen LogP contribution is -2.33. The van der Waals surface area contributed by atoms with Crippen molar-refractivity contribution in [3.63, 3.8) is 0 Å². The second-order valence-electron chi connectivity index (χ2n) is 5.66. The van der Waals surface area contributed by atoms with Crippen LogP contribution in [0.3, 0.4) is 0 Å². The van der Waals surface area contributed by atoms with Crippen molar-refractivity contribution in [3.8, 4) is 0 Å².